The van der Waals surface area contributed by atoms with E-state index in [1.54, 1.807) is 18.2 Å². The lowest BCUT2D eigenvalue weighted by molar-refractivity contribution is -0.117. The van der Waals surface area contributed by atoms with Gasteiger partial charge in [-0.05, 0) is 98.0 Å². The lowest BCUT2D eigenvalue weighted by Crippen LogP contribution is -2.37. The van der Waals surface area contributed by atoms with Crippen LogP contribution in [0, 0.1) is 23.1 Å². The van der Waals surface area contributed by atoms with Gasteiger partial charge in [-0.25, -0.2) is 4.39 Å². The summed E-state index contributed by atoms with van der Waals surface area (Å²) in [6.07, 6.45) is 9.85. The standard InChI is InChI=1S/C27H30FN3O/c28-25-8-2-20(3-9-25)6-12-27(32)30-26-10-4-21(5-11-26)13-15-31-16-14-23-17-22(18-29)1-7-24(23)19-31/h1-3,6-9,12,17,21,26H,4-5,10-11,13-16,19H2,(H,30,32)/b12-6+/t21-,26-. The van der Waals surface area contributed by atoms with Gasteiger partial charge < -0.3 is 5.32 Å². The van der Waals surface area contributed by atoms with Crippen molar-refractivity contribution < 1.29 is 9.18 Å². The predicted molar refractivity (Wildman–Crippen MR) is 124 cm³/mol. The van der Waals surface area contributed by atoms with Crippen molar-refractivity contribution in [3.8, 4) is 6.07 Å². The lowest BCUT2D eigenvalue weighted by Gasteiger charge is -2.33. The van der Waals surface area contributed by atoms with Crippen LogP contribution in [0.3, 0.4) is 0 Å². The highest BCUT2D eigenvalue weighted by Crippen LogP contribution is 2.28. The number of amides is 1. The largest absolute Gasteiger partial charge is 0.350 e. The first-order valence-electron chi connectivity index (χ1n) is 11.6. The quantitative estimate of drug-likeness (QED) is 0.667. The van der Waals surface area contributed by atoms with Gasteiger partial charge in [0.25, 0.3) is 0 Å². The number of carbonyl (C=O) groups is 1. The van der Waals surface area contributed by atoms with E-state index < -0.39 is 0 Å². The monoisotopic (exact) mass is 431 g/mol. The number of benzene rings is 2. The molecule has 4 rings (SSSR count). The third kappa shape index (κ3) is 6.05. The molecule has 4 nitrogen and oxygen atoms in total. The molecular formula is C27H30FN3O. The molecule has 5 heteroatoms. The minimum absolute atomic E-state index is 0.0793. The first-order valence-corrected chi connectivity index (χ1v) is 11.6. The average Bonchev–Trinajstić information content (AvgIpc) is 2.83. The summed E-state index contributed by atoms with van der Waals surface area (Å²) >= 11 is 0. The second-order valence-corrected chi connectivity index (χ2v) is 9.02. The smallest absolute Gasteiger partial charge is 0.244 e. The van der Waals surface area contributed by atoms with Crippen LogP contribution < -0.4 is 5.32 Å². The maximum absolute atomic E-state index is 13.0. The summed E-state index contributed by atoms with van der Waals surface area (Å²) in [5.74, 6) is 0.368. The molecule has 1 aliphatic heterocycles. The van der Waals surface area contributed by atoms with E-state index in [9.17, 15) is 9.18 Å². The van der Waals surface area contributed by atoms with Crippen LogP contribution in [0.5, 0.6) is 0 Å². The van der Waals surface area contributed by atoms with Crippen molar-refractivity contribution in [1.29, 1.82) is 5.26 Å². The lowest BCUT2D eigenvalue weighted by atomic mass is 9.84. The molecular weight excluding hydrogens is 401 g/mol. The SMILES string of the molecule is N#Cc1ccc2c(c1)CCN(CC[C@H]1CC[C@H](NC(=O)/C=C/c3ccc(F)cc3)CC1)C2. The highest BCUT2D eigenvalue weighted by Gasteiger charge is 2.23. The van der Waals surface area contributed by atoms with Gasteiger partial charge in [-0.15, -0.1) is 0 Å². The van der Waals surface area contributed by atoms with Gasteiger partial charge in [-0.1, -0.05) is 18.2 Å². The molecule has 2 aliphatic rings. The summed E-state index contributed by atoms with van der Waals surface area (Å²) < 4.78 is 13.0. The van der Waals surface area contributed by atoms with Crippen LogP contribution in [0.25, 0.3) is 6.08 Å². The van der Waals surface area contributed by atoms with Crippen molar-refractivity contribution >= 4 is 12.0 Å². The highest BCUT2D eigenvalue weighted by molar-refractivity contribution is 5.91. The zero-order valence-electron chi connectivity index (χ0n) is 18.4. The van der Waals surface area contributed by atoms with E-state index in [0.717, 1.165) is 68.8 Å². The van der Waals surface area contributed by atoms with E-state index in [4.69, 9.17) is 5.26 Å². The second kappa shape index (κ2) is 10.6. The van der Waals surface area contributed by atoms with Crippen molar-refractivity contribution in [2.45, 2.75) is 51.1 Å². The molecule has 1 fully saturated rings. The van der Waals surface area contributed by atoms with Gasteiger partial charge in [0.05, 0.1) is 11.6 Å². The number of fused-ring (bicyclic) bond motifs is 1. The third-order valence-electron chi connectivity index (χ3n) is 6.77. The summed E-state index contributed by atoms with van der Waals surface area (Å²) in [5.41, 5.74) is 4.25. The van der Waals surface area contributed by atoms with Gasteiger partial charge in [0, 0.05) is 25.2 Å². The maximum Gasteiger partial charge on any atom is 0.244 e. The number of hydrogen-bond acceptors (Lipinski definition) is 3. The third-order valence-corrected chi connectivity index (χ3v) is 6.77. The Morgan fingerprint density at radius 2 is 1.91 bits per heavy atom. The maximum atomic E-state index is 13.0. The number of nitrogens with one attached hydrogen (secondary N) is 1. The Hall–Kier alpha value is -2.97. The van der Waals surface area contributed by atoms with Crippen LogP contribution in [0.4, 0.5) is 4.39 Å². The first-order chi connectivity index (χ1) is 15.6. The molecule has 2 aromatic carbocycles. The van der Waals surface area contributed by atoms with Crippen molar-refractivity contribution in [2.75, 3.05) is 13.1 Å². The van der Waals surface area contributed by atoms with Crippen molar-refractivity contribution in [3.63, 3.8) is 0 Å². The number of nitriles is 1. The molecule has 0 atom stereocenters. The molecule has 0 aromatic heterocycles. The first kappa shape index (κ1) is 22.2. The zero-order valence-corrected chi connectivity index (χ0v) is 18.4. The Morgan fingerprint density at radius 3 is 2.66 bits per heavy atom. The van der Waals surface area contributed by atoms with Crippen molar-refractivity contribution in [2.24, 2.45) is 5.92 Å². The van der Waals surface area contributed by atoms with Gasteiger partial charge >= 0.3 is 0 Å². The zero-order chi connectivity index (χ0) is 22.3. The number of halogens is 1. The van der Waals surface area contributed by atoms with E-state index in [0.29, 0.717) is 0 Å². The van der Waals surface area contributed by atoms with Crippen LogP contribution >= 0.6 is 0 Å². The van der Waals surface area contributed by atoms with Crippen LogP contribution in [-0.4, -0.2) is 29.9 Å². The van der Waals surface area contributed by atoms with E-state index in [2.05, 4.69) is 22.4 Å². The predicted octanol–water partition coefficient (Wildman–Crippen LogP) is 4.83. The molecule has 0 saturated heterocycles. The minimum Gasteiger partial charge on any atom is -0.350 e. The van der Waals surface area contributed by atoms with Crippen LogP contribution in [0.1, 0.15) is 54.4 Å². The molecule has 2 aromatic rings. The summed E-state index contributed by atoms with van der Waals surface area (Å²) in [4.78, 5) is 14.7. The fraction of sp³-hybridized carbons (Fsp3) is 0.407. The molecule has 0 spiro atoms. The Morgan fingerprint density at radius 1 is 1.12 bits per heavy atom. The fourth-order valence-corrected chi connectivity index (χ4v) is 4.83. The van der Waals surface area contributed by atoms with Gasteiger partial charge in [-0.3, -0.25) is 9.69 Å². The Labute approximate surface area is 189 Å². The van der Waals surface area contributed by atoms with Gasteiger partial charge in [0.2, 0.25) is 5.91 Å². The molecule has 1 aliphatic carbocycles. The summed E-state index contributed by atoms with van der Waals surface area (Å²) in [5, 5.41) is 12.2. The number of rotatable bonds is 6. The van der Waals surface area contributed by atoms with Crippen LogP contribution in [0.15, 0.2) is 48.5 Å². The Balaban J connectivity index is 1.16. The highest BCUT2D eigenvalue weighted by atomic mass is 19.1. The Bertz CT molecular complexity index is 1000. The second-order valence-electron chi connectivity index (χ2n) is 9.02. The van der Waals surface area contributed by atoms with Gasteiger partial charge in [0.1, 0.15) is 5.82 Å². The minimum atomic E-state index is -0.275. The molecule has 1 amide bonds. The van der Waals surface area contributed by atoms with Crippen molar-refractivity contribution in [3.05, 3.63) is 76.6 Å². The Kier molecular flexibility index (Phi) is 7.34. The molecule has 0 radical (unpaired) electrons. The van der Waals surface area contributed by atoms with Crippen LogP contribution in [-0.2, 0) is 17.8 Å². The molecule has 1 saturated carbocycles. The molecule has 1 N–H and O–H groups in total. The van der Waals surface area contributed by atoms with E-state index in [1.165, 1.54) is 35.8 Å². The molecule has 166 valence electrons. The summed E-state index contributed by atoms with van der Waals surface area (Å²) in [7, 11) is 0. The van der Waals surface area contributed by atoms with Gasteiger partial charge in [-0.2, -0.15) is 5.26 Å². The summed E-state index contributed by atoms with van der Waals surface area (Å²) in [6, 6.07) is 14.7. The summed E-state index contributed by atoms with van der Waals surface area (Å²) in [6.45, 7) is 3.15. The number of hydrogen-bond donors (Lipinski definition) is 1. The van der Waals surface area contributed by atoms with E-state index in [1.807, 2.05) is 12.1 Å². The van der Waals surface area contributed by atoms with Gasteiger partial charge in [0.15, 0.2) is 0 Å². The molecule has 32 heavy (non-hydrogen) atoms. The molecule has 0 unspecified atom stereocenters. The van der Waals surface area contributed by atoms with E-state index in [-0.39, 0.29) is 17.8 Å². The fourth-order valence-electron chi connectivity index (χ4n) is 4.83. The normalized spacial score (nSPS) is 21.1. The average molecular weight is 432 g/mol. The van der Waals surface area contributed by atoms with E-state index >= 15 is 0 Å². The number of nitrogens with zero attached hydrogens (tertiary/aromatic N) is 2. The molecule has 0 bridgehead atoms. The van der Waals surface area contributed by atoms with Crippen molar-refractivity contribution in [1.82, 2.24) is 10.2 Å². The van der Waals surface area contributed by atoms with Crippen LogP contribution in [0.2, 0.25) is 0 Å². The number of carbonyl (C=O) groups excluding carboxylic acids is 1. The topological polar surface area (TPSA) is 56.1 Å². The molecule has 1 heterocycles.